The number of aliphatic hydroxyl groups is 1. The van der Waals surface area contributed by atoms with Gasteiger partial charge < -0.3 is 20.8 Å². The van der Waals surface area contributed by atoms with Crippen molar-refractivity contribution in [1.82, 2.24) is 9.88 Å². The predicted molar refractivity (Wildman–Crippen MR) is 142 cm³/mol. The van der Waals surface area contributed by atoms with Crippen molar-refractivity contribution >= 4 is 54.6 Å². The summed E-state index contributed by atoms with van der Waals surface area (Å²) in [5.41, 5.74) is 2.48. The maximum Gasteiger partial charge on any atom is 0.264 e. The molecule has 1 aromatic heterocycles. The van der Waals surface area contributed by atoms with E-state index in [-0.39, 0.29) is 10.8 Å². The van der Waals surface area contributed by atoms with Gasteiger partial charge in [0.05, 0.1) is 15.8 Å². The standard InChI is InChI=1S/C25H29N5O4S2/c1-16(26)20(17(2)27)14-25(32)10-12-30(13-11-25)24(31)18-6-8-19(9-7-18)29-36(33,34)22-5-3-4-21-23(22)28-15-35-21/h3-9,15,20,26-27,29,32H,10-14H2,1-2H3. The summed E-state index contributed by atoms with van der Waals surface area (Å²) in [7, 11) is -3.86. The number of rotatable bonds is 8. The monoisotopic (exact) mass is 527 g/mol. The van der Waals surface area contributed by atoms with Crippen molar-refractivity contribution in [2.75, 3.05) is 17.8 Å². The van der Waals surface area contributed by atoms with Crippen LogP contribution in [0, 0.1) is 16.7 Å². The molecule has 0 atom stereocenters. The molecule has 3 aromatic rings. The minimum atomic E-state index is -3.86. The lowest BCUT2D eigenvalue weighted by Crippen LogP contribution is -2.48. The van der Waals surface area contributed by atoms with Crippen LogP contribution in [0.5, 0.6) is 0 Å². The summed E-state index contributed by atoms with van der Waals surface area (Å²) in [6.45, 7) is 4.02. The molecule has 0 unspecified atom stereocenters. The highest BCUT2D eigenvalue weighted by Crippen LogP contribution is 2.31. The molecule has 1 amide bonds. The molecule has 0 aliphatic carbocycles. The van der Waals surface area contributed by atoms with E-state index < -0.39 is 21.5 Å². The Morgan fingerprint density at radius 2 is 1.78 bits per heavy atom. The van der Waals surface area contributed by atoms with E-state index in [1.807, 2.05) is 6.07 Å². The highest BCUT2D eigenvalue weighted by molar-refractivity contribution is 7.93. The van der Waals surface area contributed by atoms with Crippen molar-refractivity contribution in [3.8, 4) is 0 Å². The Morgan fingerprint density at radius 3 is 2.39 bits per heavy atom. The number of thiazole rings is 1. The molecule has 1 aliphatic rings. The fourth-order valence-corrected chi connectivity index (χ4v) is 6.49. The van der Waals surface area contributed by atoms with Crippen LogP contribution in [0.4, 0.5) is 5.69 Å². The number of likely N-dealkylation sites (tertiary alicyclic amines) is 1. The third kappa shape index (κ3) is 5.48. The molecule has 0 bridgehead atoms. The molecule has 0 saturated carbocycles. The SMILES string of the molecule is CC(=N)C(CC1(O)CCN(C(=O)c2ccc(NS(=O)(=O)c3cccc4scnc34)cc2)CC1)C(C)=N. The smallest absolute Gasteiger partial charge is 0.264 e. The lowest BCUT2D eigenvalue weighted by molar-refractivity contribution is -0.0251. The van der Waals surface area contributed by atoms with Crippen molar-refractivity contribution in [3.63, 3.8) is 0 Å². The van der Waals surface area contributed by atoms with Crippen molar-refractivity contribution in [1.29, 1.82) is 10.8 Å². The van der Waals surface area contributed by atoms with Crippen molar-refractivity contribution in [3.05, 3.63) is 53.5 Å². The Hall–Kier alpha value is -3.15. The maximum absolute atomic E-state index is 13.0. The van der Waals surface area contributed by atoms with E-state index in [4.69, 9.17) is 10.8 Å². The van der Waals surface area contributed by atoms with Crippen LogP contribution in [0.15, 0.2) is 52.9 Å². The Labute approximate surface area is 214 Å². The summed E-state index contributed by atoms with van der Waals surface area (Å²) >= 11 is 1.37. The number of aromatic nitrogens is 1. The van der Waals surface area contributed by atoms with Gasteiger partial charge in [-0.15, -0.1) is 11.3 Å². The molecular weight excluding hydrogens is 498 g/mol. The summed E-state index contributed by atoms with van der Waals surface area (Å²) in [6, 6.07) is 11.3. The van der Waals surface area contributed by atoms with Gasteiger partial charge >= 0.3 is 0 Å². The third-order valence-electron chi connectivity index (χ3n) is 6.61. The molecule has 190 valence electrons. The van der Waals surface area contributed by atoms with E-state index in [1.165, 1.54) is 17.4 Å². The largest absolute Gasteiger partial charge is 0.390 e. The number of carbonyl (C=O) groups excluding carboxylic acids is 1. The summed E-state index contributed by atoms with van der Waals surface area (Å²) < 4.78 is 29.2. The Bertz CT molecular complexity index is 1390. The number of para-hydroxylation sites is 1. The molecule has 9 nitrogen and oxygen atoms in total. The lowest BCUT2D eigenvalue weighted by atomic mass is 9.79. The molecule has 4 N–H and O–H groups in total. The normalized spacial score (nSPS) is 16.5. The number of piperidine rings is 1. The highest BCUT2D eigenvalue weighted by Gasteiger charge is 2.37. The molecule has 11 heteroatoms. The number of benzene rings is 2. The number of fused-ring (bicyclic) bond motifs is 1. The van der Waals surface area contributed by atoms with Crippen LogP contribution < -0.4 is 4.72 Å². The predicted octanol–water partition coefficient (Wildman–Crippen LogP) is 4.15. The fraction of sp³-hybridized carbons (Fsp3) is 0.360. The van der Waals surface area contributed by atoms with E-state index >= 15 is 0 Å². The first-order valence-corrected chi connectivity index (χ1v) is 13.9. The molecule has 4 rings (SSSR count). The Kier molecular flexibility index (Phi) is 7.26. The molecule has 1 aliphatic heterocycles. The topological polar surface area (TPSA) is 147 Å². The molecule has 1 fully saturated rings. The molecule has 2 heterocycles. The summed E-state index contributed by atoms with van der Waals surface area (Å²) in [4.78, 5) is 18.9. The van der Waals surface area contributed by atoms with Crippen molar-refractivity contribution in [2.24, 2.45) is 5.92 Å². The number of nitrogens with zero attached hydrogens (tertiary/aromatic N) is 2. The number of nitrogens with one attached hydrogen (secondary N) is 3. The van der Waals surface area contributed by atoms with E-state index in [9.17, 15) is 18.3 Å². The summed E-state index contributed by atoms with van der Waals surface area (Å²) in [5, 5.41) is 26.8. The average Bonchev–Trinajstić information content (AvgIpc) is 3.31. The van der Waals surface area contributed by atoms with Gasteiger partial charge in [-0.25, -0.2) is 13.4 Å². The zero-order valence-corrected chi connectivity index (χ0v) is 21.7. The first-order valence-electron chi connectivity index (χ1n) is 11.6. The number of hydrogen-bond donors (Lipinski definition) is 4. The molecule has 2 aromatic carbocycles. The van der Waals surface area contributed by atoms with Gasteiger partial charge in [-0.3, -0.25) is 9.52 Å². The maximum atomic E-state index is 13.0. The lowest BCUT2D eigenvalue weighted by Gasteiger charge is -2.40. The van der Waals surface area contributed by atoms with Gasteiger partial charge in [0.1, 0.15) is 10.4 Å². The number of anilines is 1. The van der Waals surface area contributed by atoms with Crippen molar-refractivity contribution < 1.29 is 18.3 Å². The molecule has 0 spiro atoms. The Balaban J connectivity index is 1.40. The highest BCUT2D eigenvalue weighted by atomic mass is 32.2. The summed E-state index contributed by atoms with van der Waals surface area (Å²) in [5.74, 6) is -0.585. The van der Waals surface area contributed by atoms with Crippen LogP contribution in [0.2, 0.25) is 0 Å². The van der Waals surface area contributed by atoms with Crippen molar-refractivity contribution in [2.45, 2.75) is 43.6 Å². The quantitative estimate of drug-likeness (QED) is 0.325. The second kappa shape index (κ2) is 10.1. The second-order valence-corrected chi connectivity index (χ2v) is 11.8. The number of sulfonamides is 1. The second-order valence-electron chi connectivity index (χ2n) is 9.28. The molecule has 0 radical (unpaired) electrons. The molecule has 1 saturated heterocycles. The van der Waals surface area contributed by atoms with Crippen LogP contribution in [-0.4, -0.2) is 59.4 Å². The zero-order chi connectivity index (χ0) is 26.1. The molecular formula is C25H29N5O4S2. The molecule has 36 heavy (non-hydrogen) atoms. The van der Waals surface area contributed by atoms with E-state index in [1.54, 1.807) is 54.6 Å². The first kappa shape index (κ1) is 25.9. The van der Waals surface area contributed by atoms with Gasteiger partial charge in [0, 0.05) is 41.7 Å². The average molecular weight is 528 g/mol. The number of hydrogen-bond acceptors (Lipinski definition) is 8. The minimum Gasteiger partial charge on any atom is -0.390 e. The van der Waals surface area contributed by atoms with Gasteiger partial charge in [-0.1, -0.05) is 6.07 Å². The zero-order valence-electron chi connectivity index (χ0n) is 20.1. The van der Waals surface area contributed by atoms with E-state index in [0.29, 0.717) is 60.5 Å². The van der Waals surface area contributed by atoms with Gasteiger partial charge in [-0.05, 0) is 69.5 Å². The van der Waals surface area contributed by atoms with Gasteiger partial charge in [0.25, 0.3) is 15.9 Å². The van der Waals surface area contributed by atoms with Gasteiger partial charge in [-0.2, -0.15) is 0 Å². The fourth-order valence-electron chi connectivity index (χ4n) is 4.49. The van der Waals surface area contributed by atoms with Crippen LogP contribution in [0.3, 0.4) is 0 Å². The van der Waals surface area contributed by atoms with Gasteiger partial charge in [0.15, 0.2) is 0 Å². The minimum absolute atomic E-state index is 0.0980. The third-order valence-corrected chi connectivity index (χ3v) is 8.81. The van der Waals surface area contributed by atoms with E-state index in [2.05, 4.69) is 9.71 Å². The van der Waals surface area contributed by atoms with Crippen LogP contribution in [0.25, 0.3) is 10.2 Å². The van der Waals surface area contributed by atoms with Crippen LogP contribution in [-0.2, 0) is 10.0 Å². The number of amides is 1. The first-order chi connectivity index (χ1) is 17.0. The number of carbonyl (C=O) groups is 1. The Morgan fingerprint density at radius 1 is 1.14 bits per heavy atom. The van der Waals surface area contributed by atoms with Crippen LogP contribution >= 0.6 is 11.3 Å². The van der Waals surface area contributed by atoms with E-state index in [0.717, 1.165) is 4.70 Å². The summed E-state index contributed by atoms with van der Waals surface area (Å²) in [6.07, 6.45) is 1.05. The van der Waals surface area contributed by atoms with Gasteiger partial charge in [0.2, 0.25) is 0 Å². The van der Waals surface area contributed by atoms with Crippen LogP contribution in [0.1, 0.15) is 43.5 Å².